The molecule has 7 rings (SSSR count). The van der Waals surface area contributed by atoms with Gasteiger partial charge in [0.1, 0.15) is 0 Å². The zero-order valence-electron chi connectivity index (χ0n) is 14.2. The van der Waals surface area contributed by atoms with Gasteiger partial charge in [-0.3, -0.25) is 0 Å². The van der Waals surface area contributed by atoms with Crippen LogP contribution in [0.2, 0.25) is 0 Å². The molecule has 0 radical (unpaired) electrons. The van der Waals surface area contributed by atoms with Crippen LogP contribution in [0.1, 0.15) is 83.5 Å². The maximum atomic E-state index is 11.9. The maximum Gasteiger partial charge on any atom is 0.180 e. The second-order valence-corrected chi connectivity index (χ2v) is 9.60. The second kappa shape index (κ2) is 4.16. The third-order valence-corrected chi connectivity index (χ3v) is 9.01. The summed E-state index contributed by atoms with van der Waals surface area (Å²) in [6.07, 6.45) is 15.7. The second-order valence-electron chi connectivity index (χ2n) is 9.60. The fourth-order valence-corrected chi connectivity index (χ4v) is 8.27. The molecule has 7 aliphatic rings. The van der Waals surface area contributed by atoms with Crippen molar-refractivity contribution in [3.63, 3.8) is 0 Å². The van der Waals surface area contributed by atoms with Crippen molar-refractivity contribution in [2.75, 3.05) is 0 Å². The van der Waals surface area contributed by atoms with Gasteiger partial charge in [0.25, 0.3) is 0 Å². The lowest BCUT2D eigenvalue weighted by atomic mass is 9.40. The molecule has 0 aromatic carbocycles. The lowest BCUT2D eigenvalue weighted by Crippen LogP contribution is -2.85. The molecule has 128 valence electrons. The summed E-state index contributed by atoms with van der Waals surface area (Å²) in [5.74, 6) is 0.231. The molecule has 7 fully saturated rings. The van der Waals surface area contributed by atoms with Crippen LogP contribution in [-0.4, -0.2) is 22.3 Å². The first-order chi connectivity index (χ1) is 11.1. The van der Waals surface area contributed by atoms with Crippen molar-refractivity contribution in [3.8, 4) is 0 Å². The van der Waals surface area contributed by atoms with Crippen molar-refractivity contribution in [1.29, 1.82) is 0 Å². The van der Waals surface area contributed by atoms with Crippen LogP contribution < -0.4 is 0 Å². The van der Waals surface area contributed by atoms with Crippen LogP contribution in [0.4, 0.5) is 0 Å². The predicted octanol–water partition coefficient (Wildman–Crippen LogP) is 4.13. The Labute approximate surface area is 139 Å². The summed E-state index contributed by atoms with van der Waals surface area (Å²) in [5, 5.41) is 11.9. The Kier molecular flexibility index (Phi) is 2.55. The highest BCUT2D eigenvalue weighted by molar-refractivity contribution is 5.25. The molecule has 0 aromatic rings. The Morgan fingerprint density at radius 2 is 1.52 bits per heavy atom. The van der Waals surface area contributed by atoms with E-state index in [1.54, 1.807) is 0 Å². The van der Waals surface area contributed by atoms with Crippen molar-refractivity contribution in [3.05, 3.63) is 0 Å². The molecule has 1 N–H and O–H groups in total. The lowest BCUT2D eigenvalue weighted by Gasteiger charge is -2.79. The van der Waals surface area contributed by atoms with Gasteiger partial charge in [0.05, 0.1) is 11.0 Å². The van der Waals surface area contributed by atoms with Gasteiger partial charge in [-0.15, -0.1) is 0 Å². The molecule has 0 amide bonds. The Hall–Kier alpha value is -0.120. The summed E-state index contributed by atoms with van der Waals surface area (Å²) in [6, 6.07) is 0. The molecular weight excluding hydrogens is 288 g/mol. The quantitative estimate of drug-likeness (QED) is 0.730. The molecule has 3 heteroatoms. The summed E-state index contributed by atoms with van der Waals surface area (Å²) in [6.45, 7) is 0. The smallest absolute Gasteiger partial charge is 0.180 e. The number of aliphatic hydroxyl groups is 1. The van der Waals surface area contributed by atoms with Crippen LogP contribution >= 0.6 is 0 Å². The molecule has 4 unspecified atom stereocenters. The average molecular weight is 318 g/mol. The molecule has 3 saturated heterocycles. The van der Waals surface area contributed by atoms with Gasteiger partial charge >= 0.3 is 0 Å². The van der Waals surface area contributed by atoms with Crippen LogP contribution in [-0.2, 0) is 9.47 Å². The van der Waals surface area contributed by atoms with E-state index in [2.05, 4.69) is 0 Å². The number of hydrogen-bond donors (Lipinski definition) is 1. The van der Waals surface area contributed by atoms with Gasteiger partial charge in [0.15, 0.2) is 11.6 Å². The molecule has 4 aliphatic carbocycles. The van der Waals surface area contributed by atoms with Crippen molar-refractivity contribution >= 4 is 0 Å². The van der Waals surface area contributed by atoms with Crippen LogP contribution in [0.3, 0.4) is 0 Å². The molecule has 3 spiro atoms. The van der Waals surface area contributed by atoms with Crippen molar-refractivity contribution in [2.24, 2.45) is 23.2 Å². The lowest BCUT2D eigenvalue weighted by molar-refractivity contribution is -0.565. The first-order valence-corrected chi connectivity index (χ1v) is 10.3. The van der Waals surface area contributed by atoms with E-state index in [0.29, 0.717) is 17.8 Å². The molecule has 23 heavy (non-hydrogen) atoms. The molecule has 3 nitrogen and oxygen atoms in total. The molecule has 0 aromatic heterocycles. The zero-order valence-corrected chi connectivity index (χ0v) is 14.2. The number of ether oxygens (including phenoxy) is 2. The molecule has 5 bridgehead atoms. The highest BCUT2D eigenvalue weighted by Gasteiger charge is 2.82. The fourth-order valence-electron chi connectivity index (χ4n) is 8.27. The van der Waals surface area contributed by atoms with Gasteiger partial charge in [-0.05, 0) is 57.3 Å². The zero-order chi connectivity index (χ0) is 15.3. The summed E-state index contributed by atoms with van der Waals surface area (Å²) in [4.78, 5) is 0. The standard InChI is InChI=1S/C20H30O3/c21-20-15-8-5-9-17(20)13-16-7-2-4-11-19(16,23-20)22-18(17)10-3-1-6-14(18)12-15/h14-16,21H,1-13H2/t14?,15?,16?,17?,18-,19+,20-/m1/s1. The normalized spacial score (nSPS) is 63.3. The summed E-state index contributed by atoms with van der Waals surface area (Å²) in [5.41, 5.74) is -0.168. The average Bonchev–Trinajstić information content (AvgIpc) is 2.52. The molecular formula is C20H30O3. The van der Waals surface area contributed by atoms with E-state index < -0.39 is 11.6 Å². The first kappa shape index (κ1) is 14.1. The Morgan fingerprint density at radius 1 is 0.739 bits per heavy atom. The van der Waals surface area contributed by atoms with E-state index in [4.69, 9.17) is 9.47 Å². The first-order valence-electron chi connectivity index (χ1n) is 10.3. The van der Waals surface area contributed by atoms with Gasteiger partial charge in [0, 0.05) is 18.3 Å². The van der Waals surface area contributed by atoms with Crippen molar-refractivity contribution in [1.82, 2.24) is 0 Å². The Morgan fingerprint density at radius 3 is 2.43 bits per heavy atom. The summed E-state index contributed by atoms with van der Waals surface area (Å²) < 4.78 is 13.8. The molecule has 3 heterocycles. The molecule has 3 aliphatic heterocycles. The van der Waals surface area contributed by atoms with Gasteiger partial charge in [-0.2, -0.15) is 0 Å². The van der Waals surface area contributed by atoms with Crippen LogP contribution in [0.15, 0.2) is 0 Å². The number of rotatable bonds is 0. The Bertz CT molecular complexity index is 549. The summed E-state index contributed by atoms with van der Waals surface area (Å²) >= 11 is 0. The molecule has 4 saturated carbocycles. The van der Waals surface area contributed by atoms with E-state index in [1.165, 1.54) is 57.8 Å². The van der Waals surface area contributed by atoms with E-state index in [9.17, 15) is 5.11 Å². The van der Waals surface area contributed by atoms with Crippen LogP contribution in [0, 0.1) is 23.2 Å². The number of hydrogen-bond acceptors (Lipinski definition) is 3. The SMILES string of the molecule is O[C@]12O[C@@]34CCCCC3CC13CCCC2CC1CCCC[C@@]13O4. The van der Waals surface area contributed by atoms with Crippen LogP contribution in [0.5, 0.6) is 0 Å². The highest BCUT2D eigenvalue weighted by Crippen LogP contribution is 2.77. The van der Waals surface area contributed by atoms with E-state index in [0.717, 1.165) is 25.7 Å². The third-order valence-electron chi connectivity index (χ3n) is 9.01. The topological polar surface area (TPSA) is 38.7 Å². The third kappa shape index (κ3) is 1.36. The van der Waals surface area contributed by atoms with Gasteiger partial charge < -0.3 is 14.6 Å². The summed E-state index contributed by atoms with van der Waals surface area (Å²) in [7, 11) is 0. The van der Waals surface area contributed by atoms with Crippen molar-refractivity contribution < 1.29 is 14.6 Å². The van der Waals surface area contributed by atoms with Gasteiger partial charge in [-0.1, -0.05) is 25.7 Å². The predicted molar refractivity (Wildman–Crippen MR) is 85.5 cm³/mol. The maximum absolute atomic E-state index is 11.9. The van der Waals surface area contributed by atoms with Crippen molar-refractivity contribution in [2.45, 2.75) is 101 Å². The van der Waals surface area contributed by atoms with Gasteiger partial charge in [0.2, 0.25) is 0 Å². The van der Waals surface area contributed by atoms with E-state index in [1.807, 2.05) is 0 Å². The minimum Gasteiger partial charge on any atom is -0.365 e. The van der Waals surface area contributed by atoms with Crippen LogP contribution in [0.25, 0.3) is 0 Å². The monoisotopic (exact) mass is 318 g/mol. The van der Waals surface area contributed by atoms with Gasteiger partial charge in [-0.25, -0.2) is 0 Å². The minimum atomic E-state index is -0.884. The largest absolute Gasteiger partial charge is 0.365 e. The highest BCUT2D eigenvalue weighted by atomic mass is 16.8. The fraction of sp³-hybridized carbons (Fsp3) is 1.00. The van der Waals surface area contributed by atoms with E-state index in [-0.39, 0.29) is 11.0 Å². The van der Waals surface area contributed by atoms with E-state index >= 15 is 0 Å². The minimum absolute atomic E-state index is 0.0665. The Balaban J connectivity index is 1.58. The molecule has 7 atom stereocenters.